The minimum absolute atomic E-state index is 0.0535. The highest BCUT2D eigenvalue weighted by Crippen LogP contribution is 2.59. The molecule has 11 heavy (non-hydrogen) atoms. The monoisotopic (exact) mass is 153 g/mol. The van der Waals surface area contributed by atoms with E-state index in [1.54, 1.807) is 0 Å². The first-order valence-electron chi connectivity index (χ1n) is 4.54. The normalized spacial score (nSPS) is 33.6. The Balaban J connectivity index is 2.10. The van der Waals surface area contributed by atoms with E-state index in [4.69, 9.17) is 5.73 Å². The van der Waals surface area contributed by atoms with Gasteiger partial charge in [-0.2, -0.15) is 0 Å². The molecule has 0 saturated heterocycles. The van der Waals surface area contributed by atoms with E-state index in [1.165, 1.54) is 32.1 Å². The molecule has 0 radical (unpaired) electrons. The molecule has 0 bridgehead atoms. The van der Waals surface area contributed by atoms with Crippen molar-refractivity contribution in [1.82, 2.24) is 0 Å². The molecule has 0 heterocycles. The summed E-state index contributed by atoms with van der Waals surface area (Å²) in [7, 11) is 0. The van der Waals surface area contributed by atoms with Crippen LogP contribution in [0.3, 0.4) is 0 Å². The molecule has 0 aromatic rings. The summed E-state index contributed by atoms with van der Waals surface area (Å²) >= 11 is 0. The maximum Gasteiger partial charge on any atom is 0.221 e. The molecule has 2 fully saturated rings. The summed E-state index contributed by atoms with van der Waals surface area (Å²) in [6, 6.07) is 0. The van der Waals surface area contributed by atoms with Gasteiger partial charge in [0.1, 0.15) is 0 Å². The maximum absolute atomic E-state index is 11.0. The second-order valence-corrected chi connectivity index (χ2v) is 4.06. The molecule has 2 aliphatic rings. The quantitative estimate of drug-likeness (QED) is 0.608. The Hall–Kier alpha value is -0.530. The first kappa shape index (κ1) is 7.14. The standard InChI is InChI=1S/C9H15NO/c10-8(11)7-3-1-2-4-9(7)5-6-9/h7H,1-6H2,(H2,10,11)/t7-/m0/s1. The molecule has 2 aliphatic carbocycles. The SMILES string of the molecule is NC(=O)[C@@H]1CCCCC12CC2. The van der Waals surface area contributed by atoms with Crippen LogP contribution in [0.2, 0.25) is 0 Å². The third kappa shape index (κ3) is 1.05. The van der Waals surface area contributed by atoms with Crippen LogP contribution in [0.15, 0.2) is 0 Å². The highest BCUT2D eigenvalue weighted by Gasteiger charge is 2.52. The van der Waals surface area contributed by atoms with Crippen molar-refractivity contribution in [2.24, 2.45) is 17.1 Å². The molecule has 0 aromatic carbocycles. The summed E-state index contributed by atoms with van der Waals surface area (Å²) in [5.41, 5.74) is 5.74. The van der Waals surface area contributed by atoms with Crippen molar-refractivity contribution < 1.29 is 4.79 Å². The van der Waals surface area contributed by atoms with Crippen LogP contribution in [0.4, 0.5) is 0 Å². The average Bonchev–Trinajstić information content (AvgIpc) is 2.70. The Morgan fingerprint density at radius 1 is 1.27 bits per heavy atom. The molecule has 2 N–H and O–H groups in total. The van der Waals surface area contributed by atoms with Gasteiger partial charge in [-0.15, -0.1) is 0 Å². The van der Waals surface area contributed by atoms with Crippen molar-refractivity contribution in [3.05, 3.63) is 0 Å². The number of carbonyl (C=O) groups is 1. The molecule has 0 aliphatic heterocycles. The van der Waals surface area contributed by atoms with Crippen molar-refractivity contribution in [2.45, 2.75) is 38.5 Å². The minimum Gasteiger partial charge on any atom is -0.369 e. The first-order valence-corrected chi connectivity index (χ1v) is 4.54. The average molecular weight is 153 g/mol. The Bertz CT molecular complexity index is 184. The highest BCUT2D eigenvalue weighted by atomic mass is 16.1. The van der Waals surface area contributed by atoms with Gasteiger partial charge in [-0.3, -0.25) is 4.79 Å². The first-order chi connectivity index (χ1) is 5.25. The van der Waals surface area contributed by atoms with Crippen LogP contribution in [-0.4, -0.2) is 5.91 Å². The lowest BCUT2D eigenvalue weighted by Crippen LogP contribution is -2.33. The molecule has 2 saturated carbocycles. The Labute approximate surface area is 67.1 Å². The molecule has 1 atom stereocenters. The Morgan fingerprint density at radius 3 is 2.45 bits per heavy atom. The van der Waals surface area contributed by atoms with Gasteiger partial charge in [0.25, 0.3) is 0 Å². The Kier molecular flexibility index (Phi) is 1.44. The van der Waals surface area contributed by atoms with Crippen molar-refractivity contribution in [2.75, 3.05) is 0 Å². The van der Waals surface area contributed by atoms with Crippen LogP contribution in [0, 0.1) is 11.3 Å². The molecule has 2 nitrogen and oxygen atoms in total. The fourth-order valence-electron chi connectivity index (χ4n) is 2.51. The number of hydrogen-bond donors (Lipinski definition) is 1. The van der Waals surface area contributed by atoms with Gasteiger partial charge in [-0.05, 0) is 31.1 Å². The van der Waals surface area contributed by atoms with Crippen LogP contribution >= 0.6 is 0 Å². The van der Waals surface area contributed by atoms with Gasteiger partial charge in [0.05, 0.1) is 0 Å². The zero-order valence-electron chi connectivity index (χ0n) is 6.81. The lowest BCUT2D eigenvalue weighted by atomic mass is 9.76. The molecular formula is C9H15NO. The number of amides is 1. The third-order valence-corrected chi connectivity index (χ3v) is 3.39. The molecule has 2 rings (SSSR count). The van der Waals surface area contributed by atoms with Crippen LogP contribution < -0.4 is 5.73 Å². The van der Waals surface area contributed by atoms with Crippen LogP contribution in [0.25, 0.3) is 0 Å². The van der Waals surface area contributed by atoms with E-state index < -0.39 is 0 Å². The van der Waals surface area contributed by atoms with Crippen LogP contribution in [-0.2, 0) is 4.79 Å². The smallest absolute Gasteiger partial charge is 0.221 e. The summed E-state index contributed by atoms with van der Waals surface area (Å²) in [5, 5.41) is 0. The second-order valence-electron chi connectivity index (χ2n) is 4.06. The zero-order chi connectivity index (χ0) is 7.90. The van der Waals surface area contributed by atoms with E-state index in [1.807, 2.05) is 0 Å². The van der Waals surface area contributed by atoms with Gasteiger partial charge < -0.3 is 5.73 Å². The lowest BCUT2D eigenvalue weighted by Gasteiger charge is -2.28. The predicted octanol–water partition coefficient (Wildman–Crippen LogP) is 1.44. The number of rotatable bonds is 1. The number of nitrogens with two attached hydrogens (primary N) is 1. The minimum atomic E-state index is -0.0535. The van der Waals surface area contributed by atoms with E-state index in [0.717, 1.165) is 6.42 Å². The molecule has 62 valence electrons. The van der Waals surface area contributed by atoms with E-state index in [-0.39, 0.29) is 11.8 Å². The maximum atomic E-state index is 11.0. The van der Waals surface area contributed by atoms with Gasteiger partial charge in [0, 0.05) is 5.92 Å². The summed E-state index contributed by atoms with van der Waals surface area (Å²) in [6.07, 6.45) is 7.32. The summed E-state index contributed by atoms with van der Waals surface area (Å²) < 4.78 is 0. The van der Waals surface area contributed by atoms with Gasteiger partial charge in [-0.25, -0.2) is 0 Å². The topological polar surface area (TPSA) is 43.1 Å². The summed E-state index contributed by atoms with van der Waals surface area (Å²) in [4.78, 5) is 11.0. The Morgan fingerprint density at radius 2 is 2.00 bits per heavy atom. The van der Waals surface area contributed by atoms with Gasteiger partial charge >= 0.3 is 0 Å². The summed E-state index contributed by atoms with van der Waals surface area (Å²) in [6.45, 7) is 0. The number of hydrogen-bond acceptors (Lipinski definition) is 1. The molecule has 1 spiro atoms. The van der Waals surface area contributed by atoms with E-state index in [0.29, 0.717) is 5.41 Å². The zero-order valence-corrected chi connectivity index (χ0v) is 6.81. The van der Waals surface area contributed by atoms with Crippen molar-refractivity contribution in [3.8, 4) is 0 Å². The number of primary amides is 1. The fraction of sp³-hybridized carbons (Fsp3) is 0.889. The second kappa shape index (κ2) is 2.23. The fourth-order valence-corrected chi connectivity index (χ4v) is 2.51. The molecular weight excluding hydrogens is 138 g/mol. The van der Waals surface area contributed by atoms with Crippen molar-refractivity contribution >= 4 is 5.91 Å². The molecule has 0 unspecified atom stereocenters. The molecule has 0 aromatic heterocycles. The van der Waals surface area contributed by atoms with Crippen molar-refractivity contribution in [3.63, 3.8) is 0 Å². The van der Waals surface area contributed by atoms with E-state index in [2.05, 4.69) is 0 Å². The van der Waals surface area contributed by atoms with Gasteiger partial charge in [0.2, 0.25) is 5.91 Å². The van der Waals surface area contributed by atoms with E-state index in [9.17, 15) is 4.79 Å². The van der Waals surface area contributed by atoms with Crippen LogP contribution in [0.5, 0.6) is 0 Å². The molecule has 2 heteroatoms. The van der Waals surface area contributed by atoms with Crippen molar-refractivity contribution in [1.29, 1.82) is 0 Å². The van der Waals surface area contributed by atoms with Gasteiger partial charge in [0.15, 0.2) is 0 Å². The number of carbonyl (C=O) groups excluding carboxylic acids is 1. The largest absolute Gasteiger partial charge is 0.369 e. The van der Waals surface area contributed by atoms with E-state index >= 15 is 0 Å². The predicted molar refractivity (Wildman–Crippen MR) is 42.8 cm³/mol. The van der Waals surface area contributed by atoms with Gasteiger partial charge in [-0.1, -0.05) is 12.8 Å². The highest BCUT2D eigenvalue weighted by molar-refractivity contribution is 5.78. The van der Waals surface area contributed by atoms with Crippen LogP contribution in [0.1, 0.15) is 38.5 Å². The molecule has 1 amide bonds. The lowest BCUT2D eigenvalue weighted by molar-refractivity contribution is -0.125. The third-order valence-electron chi connectivity index (χ3n) is 3.39. The summed E-state index contributed by atoms with van der Waals surface area (Å²) in [5.74, 6) is 0.165.